The van der Waals surface area contributed by atoms with Crippen LogP contribution < -0.4 is 4.90 Å². The maximum absolute atomic E-state index is 2.49. The highest BCUT2D eigenvalue weighted by Gasteiger charge is 2.19. The molecule has 0 atom stereocenters. The standard InChI is InChI=1S/C50H30N2S/c1-2-11-36(12-3-1)51(38-24-19-31-9-4-5-10-33(31)27-38)37-22-17-32(18-23-37)34-21-26-48-45(28-34)42-25-20-35-29-44-41-15-8-14-40-39-13-6-7-16-46(39)52(49(40)41)47(44)30-43(35)50(42)53-48/h1-30H. The van der Waals surface area contributed by atoms with Crippen molar-refractivity contribution in [2.45, 2.75) is 0 Å². The fourth-order valence-corrected chi connectivity index (χ4v) is 10.0. The van der Waals surface area contributed by atoms with Crippen LogP contribution in [0.1, 0.15) is 0 Å². The van der Waals surface area contributed by atoms with E-state index in [-0.39, 0.29) is 0 Å². The number of rotatable bonds is 4. The zero-order chi connectivity index (χ0) is 34.6. The largest absolute Gasteiger partial charge is 0.310 e. The van der Waals surface area contributed by atoms with Crippen LogP contribution in [0.3, 0.4) is 0 Å². The summed E-state index contributed by atoms with van der Waals surface area (Å²) in [5, 5.41) is 13.0. The van der Waals surface area contributed by atoms with Crippen molar-refractivity contribution in [1.29, 1.82) is 0 Å². The highest BCUT2D eigenvalue weighted by molar-refractivity contribution is 7.26. The number of para-hydroxylation sites is 3. The summed E-state index contributed by atoms with van der Waals surface area (Å²) >= 11 is 1.91. The predicted molar refractivity (Wildman–Crippen MR) is 229 cm³/mol. The summed E-state index contributed by atoms with van der Waals surface area (Å²) in [6.07, 6.45) is 0. The van der Waals surface area contributed by atoms with Crippen LogP contribution in [0.15, 0.2) is 182 Å². The lowest BCUT2D eigenvalue weighted by molar-refractivity contribution is 1.29. The van der Waals surface area contributed by atoms with Gasteiger partial charge in [-0.15, -0.1) is 11.3 Å². The summed E-state index contributed by atoms with van der Waals surface area (Å²) in [6, 6.07) is 67.0. The Morgan fingerprint density at radius 1 is 0.358 bits per heavy atom. The van der Waals surface area contributed by atoms with E-state index in [1.165, 1.54) is 90.9 Å². The fourth-order valence-electron chi connectivity index (χ4n) is 8.80. The minimum atomic E-state index is 1.13. The molecule has 0 N–H and O–H groups in total. The second-order valence-corrected chi connectivity index (χ2v) is 15.2. The van der Waals surface area contributed by atoms with E-state index < -0.39 is 0 Å². The van der Waals surface area contributed by atoms with Crippen molar-refractivity contribution >= 4 is 108 Å². The Bertz CT molecular complexity index is 3390. The second-order valence-electron chi connectivity index (χ2n) is 14.1. The molecule has 0 saturated carbocycles. The maximum Gasteiger partial charge on any atom is 0.0620 e. The molecule has 9 aromatic carbocycles. The van der Waals surface area contributed by atoms with Crippen LogP contribution in [0.25, 0.3) is 90.9 Å². The van der Waals surface area contributed by atoms with E-state index >= 15 is 0 Å². The van der Waals surface area contributed by atoms with E-state index in [0.717, 1.165) is 17.1 Å². The van der Waals surface area contributed by atoms with Gasteiger partial charge in [-0.1, -0.05) is 115 Å². The van der Waals surface area contributed by atoms with Gasteiger partial charge in [0, 0.05) is 64.2 Å². The van der Waals surface area contributed by atoms with Crippen LogP contribution in [0.2, 0.25) is 0 Å². The summed E-state index contributed by atoms with van der Waals surface area (Å²) in [4.78, 5) is 2.34. The Balaban J connectivity index is 0.981. The molecular formula is C50H30N2S. The molecule has 12 rings (SSSR count). The number of nitrogens with zero attached hydrogens (tertiary/aromatic N) is 2. The Kier molecular flexibility index (Phi) is 5.96. The Hall–Kier alpha value is -6.68. The van der Waals surface area contributed by atoms with Crippen LogP contribution in [-0.2, 0) is 0 Å². The first kappa shape index (κ1) is 29.0. The highest BCUT2D eigenvalue weighted by atomic mass is 32.1. The Morgan fingerprint density at radius 3 is 1.94 bits per heavy atom. The molecule has 0 aliphatic rings. The van der Waals surface area contributed by atoms with Crippen LogP contribution >= 0.6 is 11.3 Å². The molecule has 246 valence electrons. The van der Waals surface area contributed by atoms with Crippen LogP contribution in [0.4, 0.5) is 17.1 Å². The molecule has 0 aliphatic carbocycles. The molecule has 2 nitrogen and oxygen atoms in total. The van der Waals surface area contributed by atoms with E-state index in [0.29, 0.717) is 0 Å². The smallest absolute Gasteiger partial charge is 0.0620 e. The molecule has 0 fully saturated rings. The Labute approximate surface area is 309 Å². The van der Waals surface area contributed by atoms with Crippen molar-refractivity contribution in [2.75, 3.05) is 4.90 Å². The van der Waals surface area contributed by atoms with E-state index in [1.54, 1.807) is 0 Å². The molecule has 0 unspecified atom stereocenters. The zero-order valence-electron chi connectivity index (χ0n) is 28.6. The first-order valence-corrected chi connectivity index (χ1v) is 19.0. The van der Waals surface area contributed by atoms with Crippen LogP contribution in [0, 0.1) is 0 Å². The number of aromatic nitrogens is 1. The monoisotopic (exact) mass is 690 g/mol. The van der Waals surface area contributed by atoms with Gasteiger partial charge < -0.3 is 9.30 Å². The summed E-state index contributed by atoms with van der Waals surface area (Å²) in [5.41, 5.74) is 9.73. The highest BCUT2D eigenvalue weighted by Crippen LogP contribution is 2.45. The lowest BCUT2D eigenvalue weighted by Crippen LogP contribution is -2.09. The van der Waals surface area contributed by atoms with Gasteiger partial charge in [-0.3, -0.25) is 0 Å². The summed E-state index contributed by atoms with van der Waals surface area (Å²) in [7, 11) is 0. The predicted octanol–water partition coefficient (Wildman–Crippen LogP) is 14.6. The number of hydrogen-bond acceptors (Lipinski definition) is 2. The van der Waals surface area contributed by atoms with E-state index in [1.807, 2.05) is 11.3 Å². The van der Waals surface area contributed by atoms with Crippen molar-refractivity contribution in [3.63, 3.8) is 0 Å². The van der Waals surface area contributed by atoms with Gasteiger partial charge in [-0.2, -0.15) is 0 Å². The van der Waals surface area contributed by atoms with Crippen LogP contribution in [0.5, 0.6) is 0 Å². The lowest BCUT2D eigenvalue weighted by atomic mass is 10.00. The number of anilines is 3. The SMILES string of the molecule is c1ccc(N(c2ccc(-c3ccc4sc5c6cc7c(cc6ccc5c4c3)c3cccc4c5ccccc5n7c43)cc2)c2ccc3ccccc3c2)cc1. The normalized spacial score (nSPS) is 12.2. The van der Waals surface area contributed by atoms with Gasteiger partial charge in [0.1, 0.15) is 0 Å². The van der Waals surface area contributed by atoms with Crippen molar-refractivity contribution in [3.05, 3.63) is 182 Å². The first-order chi connectivity index (χ1) is 26.3. The van der Waals surface area contributed by atoms with Gasteiger partial charge in [-0.25, -0.2) is 0 Å². The van der Waals surface area contributed by atoms with Crippen molar-refractivity contribution in [1.82, 2.24) is 4.40 Å². The maximum atomic E-state index is 2.49. The number of hydrogen-bond donors (Lipinski definition) is 0. The van der Waals surface area contributed by atoms with E-state index in [2.05, 4.69) is 191 Å². The number of fused-ring (bicyclic) bond motifs is 12. The average Bonchev–Trinajstić information content (AvgIpc) is 3.88. The average molecular weight is 691 g/mol. The number of benzene rings is 9. The van der Waals surface area contributed by atoms with Gasteiger partial charge in [0.05, 0.1) is 16.6 Å². The van der Waals surface area contributed by atoms with Gasteiger partial charge in [0.2, 0.25) is 0 Å². The summed E-state index contributed by atoms with van der Waals surface area (Å²) in [5.74, 6) is 0. The molecular weight excluding hydrogens is 661 g/mol. The van der Waals surface area contributed by atoms with E-state index in [9.17, 15) is 0 Å². The molecule has 0 aliphatic heterocycles. The first-order valence-electron chi connectivity index (χ1n) is 18.2. The summed E-state index contributed by atoms with van der Waals surface area (Å²) in [6.45, 7) is 0. The van der Waals surface area contributed by atoms with Gasteiger partial charge in [-0.05, 0) is 94.0 Å². The molecule has 12 aromatic rings. The molecule has 3 heterocycles. The van der Waals surface area contributed by atoms with Gasteiger partial charge in [0.15, 0.2) is 0 Å². The van der Waals surface area contributed by atoms with Gasteiger partial charge in [0.25, 0.3) is 0 Å². The van der Waals surface area contributed by atoms with Gasteiger partial charge >= 0.3 is 0 Å². The molecule has 0 bridgehead atoms. The van der Waals surface area contributed by atoms with Crippen LogP contribution in [-0.4, -0.2) is 4.40 Å². The quantitative estimate of drug-likeness (QED) is 0.178. The summed E-state index contributed by atoms with van der Waals surface area (Å²) < 4.78 is 5.16. The third-order valence-corrected chi connectivity index (χ3v) is 12.5. The molecule has 0 spiro atoms. The second kappa shape index (κ2) is 10.9. The third-order valence-electron chi connectivity index (χ3n) is 11.3. The molecule has 0 saturated heterocycles. The topological polar surface area (TPSA) is 7.65 Å². The fraction of sp³-hybridized carbons (Fsp3) is 0. The van der Waals surface area contributed by atoms with Crippen molar-refractivity contribution in [3.8, 4) is 11.1 Å². The molecule has 3 heteroatoms. The van der Waals surface area contributed by atoms with Crippen molar-refractivity contribution < 1.29 is 0 Å². The molecule has 53 heavy (non-hydrogen) atoms. The minimum absolute atomic E-state index is 1.13. The molecule has 0 radical (unpaired) electrons. The third kappa shape index (κ3) is 4.20. The minimum Gasteiger partial charge on any atom is -0.310 e. The molecule has 3 aromatic heterocycles. The molecule has 0 amide bonds. The zero-order valence-corrected chi connectivity index (χ0v) is 29.4. The van der Waals surface area contributed by atoms with E-state index in [4.69, 9.17) is 0 Å². The lowest BCUT2D eigenvalue weighted by Gasteiger charge is -2.26. The number of thiophene rings is 1. The Morgan fingerprint density at radius 2 is 1.06 bits per heavy atom. The van der Waals surface area contributed by atoms with Crippen molar-refractivity contribution in [2.24, 2.45) is 0 Å².